The van der Waals surface area contributed by atoms with E-state index in [1.54, 1.807) is 12.1 Å². The van der Waals surface area contributed by atoms with Crippen LogP contribution in [0.4, 0.5) is 14.6 Å². The Balaban J connectivity index is 2.11. The van der Waals surface area contributed by atoms with Crippen molar-refractivity contribution in [3.05, 3.63) is 77.4 Å². The van der Waals surface area contributed by atoms with Crippen molar-refractivity contribution in [1.29, 1.82) is 0 Å². The second-order valence-corrected chi connectivity index (χ2v) is 6.58. The van der Waals surface area contributed by atoms with Crippen molar-refractivity contribution in [2.75, 3.05) is 5.73 Å². The molecular weight excluding hydrogens is 344 g/mol. The molecular formula is C22H17F2N3. The highest BCUT2D eigenvalue weighted by molar-refractivity contribution is 6.08. The van der Waals surface area contributed by atoms with Crippen LogP contribution in [0.1, 0.15) is 11.1 Å². The summed E-state index contributed by atoms with van der Waals surface area (Å²) in [5.74, 6) is -0.279. The van der Waals surface area contributed by atoms with Gasteiger partial charge in [-0.05, 0) is 66.4 Å². The maximum absolute atomic E-state index is 13.6. The maximum atomic E-state index is 13.6. The lowest BCUT2D eigenvalue weighted by atomic mass is 9.92. The molecule has 0 saturated carbocycles. The zero-order valence-electron chi connectivity index (χ0n) is 14.9. The van der Waals surface area contributed by atoms with E-state index in [1.165, 1.54) is 24.3 Å². The average Bonchev–Trinajstić information content (AvgIpc) is 2.63. The van der Waals surface area contributed by atoms with Crippen LogP contribution >= 0.6 is 0 Å². The smallest absolute Gasteiger partial charge is 0.154 e. The zero-order valence-corrected chi connectivity index (χ0v) is 14.9. The molecule has 0 saturated heterocycles. The first-order valence-corrected chi connectivity index (χ1v) is 8.53. The molecule has 2 N–H and O–H groups in total. The second-order valence-electron chi connectivity index (χ2n) is 6.58. The quantitative estimate of drug-likeness (QED) is 0.517. The average molecular weight is 361 g/mol. The minimum atomic E-state index is -0.307. The van der Waals surface area contributed by atoms with E-state index in [-0.39, 0.29) is 11.6 Å². The van der Waals surface area contributed by atoms with E-state index in [2.05, 4.69) is 10.2 Å². The van der Waals surface area contributed by atoms with Crippen LogP contribution in [-0.2, 0) is 0 Å². The lowest BCUT2D eigenvalue weighted by Crippen LogP contribution is -2.00. The SMILES string of the molecule is Cc1cc(F)ccc1-c1cccc2c(N)nnc(-c3ccc(F)cc3C)c12. The molecule has 134 valence electrons. The van der Waals surface area contributed by atoms with E-state index in [0.717, 1.165) is 38.6 Å². The van der Waals surface area contributed by atoms with E-state index < -0.39 is 0 Å². The number of halogens is 2. The van der Waals surface area contributed by atoms with Crippen LogP contribution in [0.5, 0.6) is 0 Å². The van der Waals surface area contributed by atoms with Crippen molar-refractivity contribution >= 4 is 16.6 Å². The van der Waals surface area contributed by atoms with E-state index in [4.69, 9.17) is 5.73 Å². The van der Waals surface area contributed by atoms with Crippen LogP contribution in [0.2, 0.25) is 0 Å². The number of aromatic nitrogens is 2. The molecule has 27 heavy (non-hydrogen) atoms. The summed E-state index contributed by atoms with van der Waals surface area (Å²) in [5, 5.41) is 9.99. The van der Waals surface area contributed by atoms with Crippen molar-refractivity contribution < 1.29 is 8.78 Å². The van der Waals surface area contributed by atoms with Gasteiger partial charge in [0, 0.05) is 16.3 Å². The Labute approximate surface area is 155 Å². The van der Waals surface area contributed by atoms with E-state index in [0.29, 0.717) is 11.5 Å². The summed E-state index contributed by atoms with van der Waals surface area (Å²) >= 11 is 0. The molecule has 0 atom stereocenters. The van der Waals surface area contributed by atoms with Crippen LogP contribution in [0.15, 0.2) is 54.6 Å². The largest absolute Gasteiger partial charge is 0.382 e. The molecule has 0 fully saturated rings. The third kappa shape index (κ3) is 2.91. The fraction of sp³-hybridized carbons (Fsp3) is 0.0909. The van der Waals surface area contributed by atoms with Gasteiger partial charge in [-0.1, -0.05) is 24.3 Å². The molecule has 5 heteroatoms. The first kappa shape index (κ1) is 17.1. The maximum Gasteiger partial charge on any atom is 0.154 e. The fourth-order valence-corrected chi connectivity index (χ4v) is 3.46. The van der Waals surface area contributed by atoms with Gasteiger partial charge >= 0.3 is 0 Å². The summed E-state index contributed by atoms with van der Waals surface area (Å²) in [6, 6.07) is 15.0. The van der Waals surface area contributed by atoms with Crippen LogP contribution < -0.4 is 5.73 Å². The number of hydrogen-bond donors (Lipinski definition) is 1. The number of nitrogens with two attached hydrogens (primary N) is 1. The van der Waals surface area contributed by atoms with Crippen molar-refractivity contribution in [2.24, 2.45) is 0 Å². The van der Waals surface area contributed by atoms with E-state index in [1.807, 2.05) is 32.0 Å². The van der Waals surface area contributed by atoms with Gasteiger partial charge in [-0.15, -0.1) is 10.2 Å². The number of nitrogens with zero attached hydrogens (tertiary/aromatic N) is 2. The molecule has 3 aromatic carbocycles. The van der Waals surface area contributed by atoms with Gasteiger partial charge < -0.3 is 5.73 Å². The third-order valence-electron chi connectivity index (χ3n) is 4.76. The highest BCUT2D eigenvalue weighted by Crippen LogP contribution is 2.38. The molecule has 0 spiro atoms. The minimum Gasteiger partial charge on any atom is -0.382 e. The first-order valence-electron chi connectivity index (χ1n) is 8.53. The topological polar surface area (TPSA) is 51.8 Å². The molecule has 0 bridgehead atoms. The molecule has 0 unspecified atom stereocenters. The summed E-state index contributed by atoms with van der Waals surface area (Å²) < 4.78 is 27.2. The second kappa shape index (κ2) is 6.43. The molecule has 0 amide bonds. The Morgan fingerprint density at radius 3 is 2.00 bits per heavy atom. The van der Waals surface area contributed by atoms with Gasteiger partial charge in [0.15, 0.2) is 5.82 Å². The lowest BCUT2D eigenvalue weighted by molar-refractivity contribution is 0.626. The number of aryl methyl sites for hydroxylation is 2. The van der Waals surface area contributed by atoms with Gasteiger partial charge in [0.05, 0.1) is 0 Å². The van der Waals surface area contributed by atoms with Gasteiger partial charge in [0.25, 0.3) is 0 Å². The van der Waals surface area contributed by atoms with E-state index >= 15 is 0 Å². The van der Waals surface area contributed by atoms with Crippen LogP contribution in [0, 0.1) is 25.5 Å². The third-order valence-corrected chi connectivity index (χ3v) is 4.76. The van der Waals surface area contributed by atoms with Crippen LogP contribution in [0.25, 0.3) is 33.2 Å². The Bertz CT molecular complexity index is 1130. The van der Waals surface area contributed by atoms with Crippen LogP contribution in [-0.4, -0.2) is 10.2 Å². The highest BCUT2D eigenvalue weighted by atomic mass is 19.1. The molecule has 0 radical (unpaired) electrons. The predicted molar refractivity (Wildman–Crippen MR) is 104 cm³/mol. The number of anilines is 1. The normalized spacial score (nSPS) is 11.1. The van der Waals surface area contributed by atoms with E-state index in [9.17, 15) is 8.78 Å². The van der Waals surface area contributed by atoms with Crippen molar-refractivity contribution in [3.8, 4) is 22.4 Å². The summed E-state index contributed by atoms with van der Waals surface area (Å²) in [6.07, 6.45) is 0. The number of fused-ring (bicyclic) bond motifs is 1. The van der Waals surface area contributed by atoms with Crippen LogP contribution in [0.3, 0.4) is 0 Å². The molecule has 3 nitrogen and oxygen atoms in total. The standard InChI is InChI=1S/C22H17F2N3/c1-12-10-14(23)6-8-16(12)18-4-3-5-19-20(18)21(26-27-22(19)25)17-9-7-15(24)11-13(17)2/h3-11H,1-2H3,(H2,25,27). The molecule has 0 aliphatic heterocycles. The summed E-state index contributed by atoms with van der Waals surface area (Å²) in [6.45, 7) is 3.69. The lowest BCUT2D eigenvalue weighted by Gasteiger charge is -2.15. The molecule has 0 aliphatic rings. The number of nitrogen functional groups attached to an aromatic ring is 1. The monoisotopic (exact) mass is 361 g/mol. The Hall–Kier alpha value is -3.34. The van der Waals surface area contributed by atoms with Gasteiger partial charge in [0.2, 0.25) is 0 Å². The van der Waals surface area contributed by atoms with Gasteiger partial charge in [0.1, 0.15) is 17.3 Å². The van der Waals surface area contributed by atoms with Crippen molar-refractivity contribution in [3.63, 3.8) is 0 Å². The van der Waals surface area contributed by atoms with Gasteiger partial charge in [-0.2, -0.15) is 0 Å². The number of benzene rings is 3. The molecule has 1 heterocycles. The number of rotatable bonds is 2. The Morgan fingerprint density at radius 2 is 1.37 bits per heavy atom. The zero-order chi connectivity index (χ0) is 19.1. The number of hydrogen-bond acceptors (Lipinski definition) is 3. The summed E-state index contributed by atoms with van der Waals surface area (Å²) in [5.41, 5.74) is 10.8. The predicted octanol–water partition coefficient (Wildman–Crippen LogP) is 5.44. The summed E-state index contributed by atoms with van der Waals surface area (Å²) in [4.78, 5) is 0. The van der Waals surface area contributed by atoms with Gasteiger partial charge in [-0.3, -0.25) is 0 Å². The molecule has 4 aromatic rings. The fourth-order valence-electron chi connectivity index (χ4n) is 3.46. The molecule has 0 aliphatic carbocycles. The Kier molecular flexibility index (Phi) is 4.07. The first-order chi connectivity index (χ1) is 13.0. The Morgan fingerprint density at radius 1 is 0.741 bits per heavy atom. The molecule has 4 rings (SSSR count). The van der Waals surface area contributed by atoms with Gasteiger partial charge in [-0.25, -0.2) is 8.78 Å². The summed E-state index contributed by atoms with van der Waals surface area (Å²) in [7, 11) is 0. The minimum absolute atomic E-state index is 0.287. The highest BCUT2D eigenvalue weighted by Gasteiger charge is 2.17. The molecule has 1 aromatic heterocycles. The van der Waals surface area contributed by atoms with Crippen molar-refractivity contribution in [1.82, 2.24) is 10.2 Å². The van der Waals surface area contributed by atoms with Crippen molar-refractivity contribution in [2.45, 2.75) is 13.8 Å².